The molecule has 4 rings (SSSR count). The van der Waals surface area contributed by atoms with Crippen molar-refractivity contribution in [2.45, 2.75) is 28.5 Å². The van der Waals surface area contributed by atoms with E-state index in [1.54, 1.807) is 40.9 Å². The first-order chi connectivity index (χ1) is 21.1. The number of nitrogens with zero attached hydrogens (tertiary/aromatic N) is 1. The molecule has 2 aliphatic heterocycles. The molecule has 0 saturated carbocycles. The molecule has 2 heterocycles. The molecule has 5 N–H and O–H groups in total. The van der Waals surface area contributed by atoms with Crippen LogP contribution in [0.5, 0.6) is 0 Å². The SMILES string of the molecule is CCC(/C=C1\Sc2ccc(Cl)cc2N1CC(=O)NCCS(=O)(=O)O)=C\C1Sc2ccc(Cl)cc2[NH+]1CC(=O)NCCS(=O)(=O)O. The van der Waals surface area contributed by atoms with Gasteiger partial charge in [0.2, 0.25) is 5.91 Å². The molecule has 2 atom stereocenters. The van der Waals surface area contributed by atoms with Gasteiger partial charge in [-0.05, 0) is 54.5 Å². The van der Waals surface area contributed by atoms with Gasteiger partial charge in [0.05, 0.1) is 27.1 Å². The van der Waals surface area contributed by atoms with Crippen molar-refractivity contribution >= 4 is 90.2 Å². The number of fused-ring (bicyclic) bond motifs is 2. The van der Waals surface area contributed by atoms with Gasteiger partial charge in [0.1, 0.15) is 12.2 Å². The molecule has 18 heteroatoms. The average Bonchev–Trinajstić information content (AvgIpc) is 3.43. The van der Waals surface area contributed by atoms with E-state index in [1.165, 1.54) is 11.8 Å². The minimum absolute atomic E-state index is 0.0188. The number of carbonyl (C=O) groups excluding carboxylic acids is 2. The van der Waals surface area contributed by atoms with Crippen LogP contribution < -0.4 is 20.4 Å². The van der Waals surface area contributed by atoms with Crippen LogP contribution in [-0.4, -0.2) is 80.8 Å². The summed E-state index contributed by atoms with van der Waals surface area (Å²) < 4.78 is 62.2. The molecule has 2 aromatic rings. The highest BCUT2D eigenvalue weighted by Crippen LogP contribution is 2.47. The number of rotatable bonds is 13. The van der Waals surface area contributed by atoms with Crippen LogP contribution in [0, 0.1) is 0 Å². The molecule has 2 unspecified atom stereocenters. The van der Waals surface area contributed by atoms with E-state index in [9.17, 15) is 26.4 Å². The van der Waals surface area contributed by atoms with Gasteiger partial charge in [-0.3, -0.25) is 23.6 Å². The number of hydrogen-bond acceptors (Lipinski definition) is 9. The number of amides is 2. The fourth-order valence-corrected chi connectivity index (χ4v) is 8.10. The molecule has 0 fully saturated rings. The van der Waals surface area contributed by atoms with Crippen molar-refractivity contribution in [1.29, 1.82) is 0 Å². The molecular weight excluding hydrogens is 707 g/mol. The Hall–Kier alpha value is -2.28. The van der Waals surface area contributed by atoms with E-state index >= 15 is 0 Å². The Balaban J connectivity index is 1.59. The van der Waals surface area contributed by atoms with E-state index in [0.29, 0.717) is 22.2 Å². The van der Waals surface area contributed by atoms with Gasteiger partial charge in [-0.25, -0.2) is 0 Å². The third-order valence-corrected chi connectivity index (χ3v) is 11.0. The molecule has 0 saturated heterocycles. The van der Waals surface area contributed by atoms with E-state index in [4.69, 9.17) is 32.3 Å². The number of quaternary nitrogens is 1. The number of benzene rings is 2. The highest BCUT2D eigenvalue weighted by molar-refractivity contribution is 8.03. The average molecular weight is 739 g/mol. The predicted octanol–water partition coefficient (Wildman–Crippen LogP) is 2.74. The Morgan fingerprint density at radius 1 is 0.956 bits per heavy atom. The Morgan fingerprint density at radius 3 is 2.18 bits per heavy atom. The van der Waals surface area contributed by atoms with Crippen molar-refractivity contribution in [1.82, 2.24) is 10.6 Å². The quantitative estimate of drug-likeness (QED) is 0.191. The molecule has 244 valence electrons. The molecule has 2 amide bonds. The van der Waals surface area contributed by atoms with Gasteiger partial charge < -0.3 is 15.5 Å². The molecular formula is C27H31Cl2N4O8S4+. The van der Waals surface area contributed by atoms with Crippen molar-refractivity contribution in [3.8, 4) is 0 Å². The van der Waals surface area contributed by atoms with Gasteiger partial charge in [0.25, 0.3) is 26.1 Å². The Kier molecular flexibility index (Phi) is 11.9. The number of allylic oxidation sites excluding steroid dienone is 2. The number of thioether (sulfide) groups is 2. The second-order valence-corrected chi connectivity index (χ2v) is 16.3. The number of nitrogens with one attached hydrogen (secondary N) is 3. The van der Waals surface area contributed by atoms with Crippen LogP contribution in [0.4, 0.5) is 11.4 Å². The third kappa shape index (κ3) is 10.4. The summed E-state index contributed by atoms with van der Waals surface area (Å²) in [6, 6.07) is 10.8. The maximum atomic E-state index is 12.8. The predicted molar refractivity (Wildman–Crippen MR) is 177 cm³/mol. The number of anilines is 1. The fourth-order valence-electron chi connectivity index (χ4n) is 4.59. The van der Waals surface area contributed by atoms with Gasteiger partial charge in [-0.2, -0.15) is 16.8 Å². The van der Waals surface area contributed by atoms with E-state index < -0.39 is 43.6 Å². The monoisotopic (exact) mass is 737 g/mol. The summed E-state index contributed by atoms with van der Waals surface area (Å²) in [7, 11) is -8.45. The van der Waals surface area contributed by atoms with Crippen LogP contribution in [0.3, 0.4) is 0 Å². The summed E-state index contributed by atoms with van der Waals surface area (Å²) >= 11 is 15.5. The Morgan fingerprint density at radius 2 is 1.56 bits per heavy atom. The summed E-state index contributed by atoms with van der Waals surface area (Å²) in [6.45, 7) is 1.36. The van der Waals surface area contributed by atoms with Crippen LogP contribution in [0.15, 0.2) is 68.9 Å². The van der Waals surface area contributed by atoms with Crippen LogP contribution in [0.25, 0.3) is 0 Å². The first-order valence-corrected chi connectivity index (χ1v) is 19.2. The van der Waals surface area contributed by atoms with Gasteiger partial charge in [0, 0.05) is 34.1 Å². The molecule has 0 aliphatic carbocycles. The van der Waals surface area contributed by atoms with Gasteiger partial charge in [-0.1, -0.05) is 53.6 Å². The molecule has 0 aromatic heterocycles. The first kappa shape index (κ1) is 35.6. The lowest BCUT2D eigenvalue weighted by Crippen LogP contribution is -3.10. The number of halogens is 2. The first-order valence-electron chi connectivity index (χ1n) is 13.5. The fraction of sp³-hybridized carbons (Fsp3) is 0.333. The Labute approximate surface area is 280 Å². The second kappa shape index (κ2) is 15.1. The van der Waals surface area contributed by atoms with E-state index in [2.05, 4.69) is 10.6 Å². The van der Waals surface area contributed by atoms with E-state index in [0.717, 1.165) is 31.0 Å². The highest BCUT2D eigenvalue weighted by atomic mass is 35.5. The summed E-state index contributed by atoms with van der Waals surface area (Å²) in [5, 5.41) is 6.52. The van der Waals surface area contributed by atoms with Crippen LogP contribution >= 0.6 is 46.7 Å². The molecule has 0 spiro atoms. The standard InChI is InChI=1S/C27H30Cl2N4O8S4/c1-2-17(11-26-32(15-24(34)30-7-9-44(36,37)38)20-13-18(28)3-5-22(20)42-26)12-27-33(16-25(35)31-8-10-45(39,40)41)21-14-19(29)4-6-23(21)43-27/h3-6,11-14,26H,2,7-10,15-16H2,1H3,(H,30,34)(H,31,35)(H,36,37,38)(H,39,40,41)/p+1/b17-11+,27-12-. The molecule has 12 nitrogen and oxygen atoms in total. The maximum absolute atomic E-state index is 12.8. The van der Waals surface area contributed by atoms with Crippen LogP contribution in [0.2, 0.25) is 10.0 Å². The lowest BCUT2D eigenvalue weighted by Gasteiger charge is -2.21. The molecule has 2 aromatic carbocycles. The minimum Gasteiger partial charge on any atom is -0.353 e. The smallest absolute Gasteiger partial charge is 0.275 e. The summed E-state index contributed by atoms with van der Waals surface area (Å²) in [5.74, 6) is -2.05. The minimum atomic E-state index is -4.23. The zero-order chi connectivity index (χ0) is 32.9. The largest absolute Gasteiger partial charge is 0.353 e. The summed E-state index contributed by atoms with van der Waals surface area (Å²) in [4.78, 5) is 29.9. The zero-order valence-corrected chi connectivity index (χ0v) is 28.6. The second-order valence-electron chi connectivity index (χ2n) is 10.0. The normalized spacial score (nSPS) is 19.0. The van der Waals surface area contributed by atoms with Crippen molar-refractivity contribution in [2.24, 2.45) is 0 Å². The number of hydrogen-bond donors (Lipinski definition) is 5. The molecule has 0 bridgehead atoms. The summed E-state index contributed by atoms with van der Waals surface area (Å²) in [6.07, 6.45) is 4.59. The Bertz CT molecular complexity index is 1750. The lowest BCUT2D eigenvalue weighted by atomic mass is 10.1. The molecule has 45 heavy (non-hydrogen) atoms. The third-order valence-electron chi connectivity index (χ3n) is 6.68. The zero-order valence-electron chi connectivity index (χ0n) is 23.8. The van der Waals surface area contributed by atoms with Crippen molar-refractivity contribution in [2.75, 3.05) is 42.6 Å². The highest BCUT2D eigenvalue weighted by Gasteiger charge is 2.36. The number of carbonyl (C=O) groups is 2. The molecule has 2 aliphatic rings. The van der Waals surface area contributed by atoms with E-state index in [-0.39, 0.29) is 31.6 Å². The molecule has 0 radical (unpaired) electrons. The maximum Gasteiger partial charge on any atom is 0.275 e. The van der Waals surface area contributed by atoms with Crippen LogP contribution in [0.1, 0.15) is 13.3 Å². The van der Waals surface area contributed by atoms with Crippen molar-refractivity contribution in [3.05, 3.63) is 69.2 Å². The van der Waals surface area contributed by atoms with Crippen molar-refractivity contribution in [3.63, 3.8) is 0 Å². The van der Waals surface area contributed by atoms with E-state index in [1.807, 2.05) is 31.2 Å². The van der Waals surface area contributed by atoms with Gasteiger partial charge >= 0.3 is 0 Å². The lowest BCUT2D eigenvalue weighted by molar-refractivity contribution is -0.826. The topological polar surface area (TPSA) is 175 Å². The van der Waals surface area contributed by atoms with Gasteiger partial charge in [-0.15, -0.1) is 0 Å². The summed E-state index contributed by atoms with van der Waals surface area (Å²) in [5.41, 5.74) is 2.45. The van der Waals surface area contributed by atoms with Crippen molar-refractivity contribution < 1.29 is 40.4 Å². The van der Waals surface area contributed by atoms with Crippen LogP contribution in [-0.2, 0) is 29.8 Å². The van der Waals surface area contributed by atoms with Gasteiger partial charge in [0.15, 0.2) is 11.9 Å².